The van der Waals surface area contributed by atoms with Crippen molar-refractivity contribution in [3.8, 4) is 0 Å². The summed E-state index contributed by atoms with van der Waals surface area (Å²) in [7, 11) is 0. The number of hydrogen-bond acceptors (Lipinski definition) is 1. The van der Waals surface area contributed by atoms with E-state index < -0.39 is 5.41 Å². The van der Waals surface area contributed by atoms with Crippen LogP contribution < -0.4 is 5.32 Å². The van der Waals surface area contributed by atoms with E-state index in [0.29, 0.717) is 11.4 Å². The first-order valence-corrected chi connectivity index (χ1v) is 7.23. The number of carbonyl (C=O) groups is 1. The molecule has 0 aliphatic carbocycles. The maximum Gasteiger partial charge on any atom is 0.235 e. The van der Waals surface area contributed by atoms with Gasteiger partial charge in [0.2, 0.25) is 5.91 Å². The molecule has 1 unspecified atom stereocenters. The maximum atomic E-state index is 12.4. The summed E-state index contributed by atoms with van der Waals surface area (Å²) < 4.78 is 0. The minimum atomic E-state index is -0.587. The third-order valence-corrected chi connectivity index (χ3v) is 4.33. The second-order valence-corrected chi connectivity index (χ2v) is 6.04. The molecule has 0 saturated carbocycles. The fourth-order valence-electron chi connectivity index (χ4n) is 2.82. The van der Waals surface area contributed by atoms with Crippen LogP contribution in [0.4, 0.5) is 5.69 Å². The molecule has 1 aliphatic heterocycles. The lowest BCUT2D eigenvalue weighted by Gasteiger charge is -2.22. The predicted molar refractivity (Wildman–Crippen MR) is 87.7 cm³/mol. The van der Waals surface area contributed by atoms with Gasteiger partial charge in [-0.15, -0.1) is 0 Å². The average Bonchev–Trinajstić information content (AvgIpc) is 2.72. The summed E-state index contributed by atoms with van der Waals surface area (Å²) in [4.78, 5) is 12.4. The summed E-state index contributed by atoms with van der Waals surface area (Å²) in [5.41, 5.74) is 3.42. The topological polar surface area (TPSA) is 29.1 Å². The Bertz CT molecular complexity index is 720. The molecular formula is C18H16ClNO. The van der Waals surface area contributed by atoms with Crippen LogP contribution in [0.1, 0.15) is 23.6 Å². The first-order valence-electron chi connectivity index (χ1n) is 6.86. The Hall–Kier alpha value is -2.06. The molecule has 2 nitrogen and oxygen atoms in total. The zero-order valence-electron chi connectivity index (χ0n) is 11.8. The monoisotopic (exact) mass is 297 g/mol. The van der Waals surface area contributed by atoms with Crippen LogP contribution in [-0.2, 0) is 16.6 Å². The predicted octanol–water partition coefficient (Wildman–Crippen LogP) is 4.44. The average molecular weight is 298 g/mol. The molecule has 0 spiro atoms. The lowest BCUT2D eigenvalue weighted by atomic mass is 9.78. The Morgan fingerprint density at radius 2 is 1.95 bits per heavy atom. The molecular weight excluding hydrogens is 282 g/mol. The van der Waals surface area contributed by atoms with Crippen molar-refractivity contribution in [1.82, 2.24) is 0 Å². The van der Waals surface area contributed by atoms with Gasteiger partial charge in [0.15, 0.2) is 0 Å². The summed E-state index contributed by atoms with van der Waals surface area (Å²) in [6, 6.07) is 13.6. The highest BCUT2D eigenvalue weighted by Gasteiger charge is 2.42. The number of halogens is 1. The van der Waals surface area contributed by atoms with Crippen LogP contribution in [-0.4, -0.2) is 5.91 Å². The number of hydrogen-bond donors (Lipinski definition) is 1. The molecule has 2 aromatic rings. The van der Waals surface area contributed by atoms with E-state index in [1.54, 1.807) is 6.07 Å². The number of benzene rings is 2. The van der Waals surface area contributed by atoms with Crippen LogP contribution in [0.5, 0.6) is 0 Å². The van der Waals surface area contributed by atoms with Gasteiger partial charge in [0.05, 0.1) is 5.41 Å². The Morgan fingerprint density at radius 1 is 1.24 bits per heavy atom. The summed E-state index contributed by atoms with van der Waals surface area (Å²) in [6.07, 6.45) is 2.45. The third-order valence-electron chi connectivity index (χ3n) is 4.10. The van der Waals surface area contributed by atoms with Crippen molar-refractivity contribution in [2.75, 3.05) is 5.32 Å². The van der Waals surface area contributed by atoms with Crippen LogP contribution in [0.3, 0.4) is 0 Å². The number of nitrogens with one attached hydrogen (secondary N) is 1. The lowest BCUT2D eigenvalue weighted by Crippen LogP contribution is -2.33. The van der Waals surface area contributed by atoms with Gasteiger partial charge < -0.3 is 5.32 Å². The largest absolute Gasteiger partial charge is 0.325 e. The molecule has 0 aromatic heterocycles. The summed E-state index contributed by atoms with van der Waals surface area (Å²) in [6.45, 7) is 5.71. The zero-order chi connectivity index (χ0) is 15.0. The first kappa shape index (κ1) is 13.9. The maximum absolute atomic E-state index is 12.4. The first-order chi connectivity index (χ1) is 10.0. The standard InChI is InChI=1S/C18H16ClNO/c1-3-12-4-6-13(7-5-12)11-18(2)15-10-14(19)8-9-16(15)20-17(18)21/h3-10H,1,11H2,2H3,(H,20,21). The SMILES string of the molecule is C=Cc1ccc(CC2(C)C(=O)Nc3ccc(Cl)cc32)cc1. The van der Waals surface area contributed by atoms with E-state index in [1.165, 1.54) is 0 Å². The molecule has 3 rings (SSSR count). The molecule has 106 valence electrons. The summed E-state index contributed by atoms with van der Waals surface area (Å²) in [5.74, 6) is 0.0209. The van der Waals surface area contributed by atoms with E-state index >= 15 is 0 Å². The molecule has 0 bridgehead atoms. The van der Waals surface area contributed by atoms with Gasteiger partial charge in [-0.3, -0.25) is 4.79 Å². The van der Waals surface area contributed by atoms with Crippen LogP contribution in [0.25, 0.3) is 6.08 Å². The molecule has 1 N–H and O–H groups in total. The molecule has 1 aliphatic rings. The van der Waals surface area contributed by atoms with Crippen molar-refractivity contribution in [3.63, 3.8) is 0 Å². The van der Waals surface area contributed by atoms with Crippen molar-refractivity contribution in [2.45, 2.75) is 18.8 Å². The van der Waals surface area contributed by atoms with Crippen molar-refractivity contribution in [3.05, 3.63) is 70.8 Å². The number of anilines is 1. The van der Waals surface area contributed by atoms with E-state index in [2.05, 4.69) is 11.9 Å². The van der Waals surface area contributed by atoms with Gasteiger partial charge in [0.1, 0.15) is 0 Å². The van der Waals surface area contributed by atoms with Gasteiger partial charge in [0, 0.05) is 10.7 Å². The van der Waals surface area contributed by atoms with Crippen molar-refractivity contribution >= 4 is 29.3 Å². The fraction of sp³-hybridized carbons (Fsp3) is 0.167. The van der Waals surface area contributed by atoms with Crippen LogP contribution in [0.15, 0.2) is 49.0 Å². The normalized spacial score (nSPS) is 20.0. The minimum Gasteiger partial charge on any atom is -0.325 e. The van der Waals surface area contributed by atoms with Crippen molar-refractivity contribution < 1.29 is 4.79 Å². The number of carbonyl (C=O) groups excluding carboxylic acids is 1. The van der Waals surface area contributed by atoms with Gasteiger partial charge in [-0.2, -0.15) is 0 Å². The van der Waals surface area contributed by atoms with Crippen LogP contribution >= 0.6 is 11.6 Å². The number of fused-ring (bicyclic) bond motifs is 1. The molecule has 1 heterocycles. The molecule has 0 saturated heterocycles. The van der Waals surface area contributed by atoms with E-state index in [4.69, 9.17) is 11.6 Å². The molecule has 1 atom stereocenters. The Balaban J connectivity index is 1.98. The second-order valence-electron chi connectivity index (χ2n) is 5.60. The molecule has 21 heavy (non-hydrogen) atoms. The van der Waals surface area contributed by atoms with Crippen molar-refractivity contribution in [2.24, 2.45) is 0 Å². The van der Waals surface area contributed by atoms with Crippen molar-refractivity contribution in [1.29, 1.82) is 0 Å². The zero-order valence-corrected chi connectivity index (χ0v) is 12.6. The minimum absolute atomic E-state index is 0.0209. The summed E-state index contributed by atoms with van der Waals surface area (Å²) >= 11 is 6.09. The highest BCUT2D eigenvalue weighted by Crippen LogP contribution is 2.41. The third kappa shape index (κ3) is 2.36. The Morgan fingerprint density at radius 3 is 2.62 bits per heavy atom. The number of rotatable bonds is 3. The molecule has 1 amide bonds. The molecule has 3 heteroatoms. The highest BCUT2D eigenvalue weighted by molar-refractivity contribution is 6.31. The quantitative estimate of drug-likeness (QED) is 0.892. The van der Waals surface area contributed by atoms with E-state index in [1.807, 2.05) is 49.4 Å². The molecule has 2 aromatic carbocycles. The molecule has 0 radical (unpaired) electrons. The fourth-order valence-corrected chi connectivity index (χ4v) is 2.99. The number of amides is 1. The smallest absolute Gasteiger partial charge is 0.235 e. The van der Waals surface area contributed by atoms with Gasteiger partial charge in [0.25, 0.3) is 0 Å². The second kappa shape index (κ2) is 5.05. The molecule has 0 fully saturated rings. The summed E-state index contributed by atoms with van der Waals surface area (Å²) in [5, 5.41) is 3.60. The van der Waals surface area contributed by atoms with E-state index in [-0.39, 0.29) is 5.91 Å². The Kier molecular flexibility index (Phi) is 3.34. The van der Waals surface area contributed by atoms with Gasteiger partial charge in [-0.25, -0.2) is 0 Å². The van der Waals surface area contributed by atoms with E-state index in [9.17, 15) is 4.79 Å². The lowest BCUT2D eigenvalue weighted by molar-refractivity contribution is -0.120. The van der Waals surface area contributed by atoms with Crippen LogP contribution in [0, 0.1) is 0 Å². The van der Waals surface area contributed by atoms with E-state index in [0.717, 1.165) is 22.4 Å². The highest BCUT2D eigenvalue weighted by atomic mass is 35.5. The van der Waals surface area contributed by atoms with Gasteiger partial charge in [-0.05, 0) is 48.2 Å². The Labute approximate surface area is 129 Å². The van der Waals surface area contributed by atoms with Crippen LogP contribution in [0.2, 0.25) is 5.02 Å². The van der Waals surface area contributed by atoms with Gasteiger partial charge >= 0.3 is 0 Å². The van der Waals surface area contributed by atoms with Gasteiger partial charge in [-0.1, -0.05) is 48.5 Å².